The molecule has 0 aliphatic carbocycles. The van der Waals surface area contributed by atoms with Crippen molar-refractivity contribution in [2.24, 2.45) is 19.8 Å². The van der Waals surface area contributed by atoms with E-state index in [0.717, 1.165) is 56.0 Å². The van der Waals surface area contributed by atoms with E-state index >= 15 is 0 Å². The summed E-state index contributed by atoms with van der Waals surface area (Å²) in [6.07, 6.45) is -1.93. The molecule has 8 aromatic rings. The van der Waals surface area contributed by atoms with Gasteiger partial charge in [0.1, 0.15) is 24.7 Å². The minimum atomic E-state index is -1.64. The van der Waals surface area contributed by atoms with Gasteiger partial charge in [-0.3, -0.25) is 4.79 Å². The van der Waals surface area contributed by atoms with Gasteiger partial charge < -0.3 is 55.2 Å². The molecule has 0 radical (unpaired) electrons. The van der Waals surface area contributed by atoms with E-state index in [1.54, 1.807) is 41.3 Å². The Morgan fingerprint density at radius 2 is 1.02 bits per heavy atom. The van der Waals surface area contributed by atoms with Crippen molar-refractivity contribution in [3.63, 3.8) is 0 Å². The highest BCUT2D eigenvalue weighted by Gasteiger charge is 2.25. The molecule has 21 heteroatoms. The molecule has 0 spiro atoms. The number of aromatic carboxylic acids is 1. The van der Waals surface area contributed by atoms with E-state index in [2.05, 4.69) is 15.5 Å². The van der Waals surface area contributed by atoms with Crippen molar-refractivity contribution in [3.8, 4) is 45.5 Å². The number of hydrogen-bond acceptors (Lipinski definition) is 14. The summed E-state index contributed by atoms with van der Waals surface area (Å²) in [4.78, 5) is 46.6. The molecule has 436 valence electrons. The number of aryl methyl sites for hydroxylation is 2. The van der Waals surface area contributed by atoms with E-state index in [1.165, 1.54) is 21.5 Å². The molecular formula is C62H66Cl2N6O13. The Morgan fingerprint density at radius 1 is 0.578 bits per heavy atom. The first-order chi connectivity index (χ1) is 39.8. The molecule has 6 aromatic carbocycles. The monoisotopic (exact) mass is 1170 g/mol. The smallest absolute Gasteiger partial charge is 0.356 e. The van der Waals surface area contributed by atoms with Gasteiger partial charge in [0.05, 0.1) is 20.8 Å². The molecule has 0 saturated carbocycles. The van der Waals surface area contributed by atoms with E-state index in [9.17, 15) is 34.5 Å². The standard InChI is InChI=1S/C30H30ClN3O6.C19H22ClNO3.C13H14N2O4/c1-34-28(40-18-20-8-12-25(39-2)13-9-20)17-26(33-34)29(36)32-24(16-27(35)30(37)38)14-19-6-10-21(11-7-19)22-4-3-5-23(31)15-22;1-2-24-19(23)18(22)12-17(21)10-13-6-8-14(9-7-13)15-4-3-5-16(20)11-15;1-15-12(7-11(14-15)13(16)17)19-8-9-3-5-10(18-2)6-4-9/h3-13,15,17,24,27,35H,14,16,18H2,1-2H3,(H,32,36)(H,37,38);3-9,11,17-18,22H,2,10,12,21H2,1H3;3-7H,8H2,1-2H3,(H,16,17)/t24-,27-;17-,18-;/m11./s1. The number of halogens is 2. The zero-order chi connectivity index (χ0) is 60.0. The molecule has 0 aliphatic rings. The minimum absolute atomic E-state index is 0.0350. The number of aliphatic carboxylic acids is 1. The van der Waals surface area contributed by atoms with Gasteiger partial charge in [-0.2, -0.15) is 10.2 Å². The number of aliphatic hydroxyl groups is 2. The lowest BCUT2D eigenvalue weighted by Gasteiger charge is -2.20. The topological polar surface area (TPSA) is 269 Å². The molecule has 2 aromatic heterocycles. The maximum atomic E-state index is 13.1. The highest BCUT2D eigenvalue weighted by Crippen LogP contribution is 2.26. The first-order valence-corrected chi connectivity index (χ1v) is 26.9. The summed E-state index contributed by atoms with van der Waals surface area (Å²) in [7, 11) is 6.50. The highest BCUT2D eigenvalue weighted by atomic mass is 35.5. The van der Waals surface area contributed by atoms with E-state index < -0.39 is 42.1 Å². The maximum Gasteiger partial charge on any atom is 0.356 e. The number of aromatic nitrogens is 4. The van der Waals surface area contributed by atoms with Gasteiger partial charge in [-0.05, 0) is 119 Å². The molecule has 19 nitrogen and oxygen atoms in total. The number of carbonyl (C=O) groups is 4. The van der Waals surface area contributed by atoms with Gasteiger partial charge in [-0.1, -0.05) is 120 Å². The SMILES string of the molecule is CCOC(=O)[C@H](O)C[C@H](N)Cc1ccc(-c2cccc(Cl)c2)cc1.COc1ccc(COc2cc(C(=O)N[C@H](Cc3ccc(-c4cccc(Cl)c4)cc3)C[C@@H](O)C(=O)O)nn2C)cc1.COc1ccc(COc2cc(C(=O)O)nn2C)cc1. The van der Waals surface area contributed by atoms with Crippen LogP contribution in [-0.2, 0) is 54.5 Å². The van der Waals surface area contributed by atoms with Crippen LogP contribution in [0.25, 0.3) is 22.3 Å². The van der Waals surface area contributed by atoms with Crippen molar-refractivity contribution < 1.29 is 63.3 Å². The second kappa shape index (κ2) is 31.5. The van der Waals surface area contributed by atoms with E-state index in [-0.39, 0.29) is 43.5 Å². The van der Waals surface area contributed by atoms with Crippen molar-refractivity contribution >= 4 is 47.0 Å². The number of carbonyl (C=O) groups excluding carboxylic acids is 2. The Kier molecular flexibility index (Phi) is 24.1. The molecule has 2 heterocycles. The number of amides is 1. The number of carboxylic acids is 2. The fourth-order valence-corrected chi connectivity index (χ4v) is 8.64. The number of rotatable bonds is 24. The summed E-state index contributed by atoms with van der Waals surface area (Å²) in [6, 6.07) is 47.6. The number of aliphatic hydroxyl groups excluding tert-OH is 2. The van der Waals surface area contributed by atoms with E-state index in [4.69, 9.17) is 57.7 Å². The van der Waals surface area contributed by atoms with E-state index in [0.29, 0.717) is 41.3 Å². The van der Waals surface area contributed by atoms with Crippen LogP contribution in [-0.4, -0.2) is 109 Å². The van der Waals surface area contributed by atoms with Gasteiger partial charge in [0.2, 0.25) is 11.8 Å². The normalized spacial score (nSPS) is 12.2. The molecule has 83 heavy (non-hydrogen) atoms. The number of hydrogen-bond donors (Lipinski definition) is 6. The van der Waals surface area contributed by atoms with Crippen molar-refractivity contribution in [1.29, 1.82) is 0 Å². The molecule has 0 saturated heterocycles. The van der Waals surface area contributed by atoms with Crippen LogP contribution in [0.5, 0.6) is 23.3 Å². The molecule has 8 rings (SSSR count). The molecular weight excluding hydrogens is 1110 g/mol. The van der Waals surface area contributed by atoms with Crippen molar-refractivity contribution in [2.45, 2.75) is 70.1 Å². The lowest BCUT2D eigenvalue weighted by atomic mass is 9.97. The largest absolute Gasteiger partial charge is 0.497 e. The minimum Gasteiger partial charge on any atom is -0.497 e. The summed E-state index contributed by atoms with van der Waals surface area (Å²) in [5.41, 5.74) is 13.9. The summed E-state index contributed by atoms with van der Waals surface area (Å²) in [5.74, 6) is -1.25. The number of methoxy groups -OCH3 is 2. The molecule has 0 unspecified atom stereocenters. The molecule has 0 fully saturated rings. The first-order valence-electron chi connectivity index (χ1n) is 26.2. The molecule has 1 amide bonds. The fraction of sp³-hybridized carbons (Fsp3) is 0.258. The number of carboxylic acid groups (broad SMARTS) is 2. The van der Waals surface area contributed by atoms with E-state index in [1.807, 2.05) is 140 Å². The zero-order valence-electron chi connectivity index (χ0n) is 46.4. The number of nitrogens with two attached hydrogens (primary N) is 1. The number of nitrogens with one attached hydrogen (secondary N) is 1. The molecule has 4 atom stereocenters. The third-order valence-electron chi connectivity index (χ3n) is 12.6. The van der Waals surface area contributed by atoms with Crippen LogP contribution < -0.4 is 30.0 Å². The predicted molar refractivity (Wildman–Crippen MR) is 314 cm³/mol. The summed E-state index contributed by atoms with van der Waals surface area (Å²) < 4.78 is 29.2. The van der Waals surface area contributed by atoms with Gasteiger partial charge in [0, 0.05) is 54.8 Å². The van der Waals surface area contributed by atoms with Gasteiger partial charge in [-0.25, -0.2) is 23.7 Å². The van der Waals surface area contributed by atoms with Crippen LogP contribution in [0.4, 0.5) is 0 Å². The first kappa shape index (κ1) is 63.5. The van der Waals surface area contributed by atoms with Crippen molar-refractivity contribution in [2.75, 3.05) is 20.8 Å². The number of benzene rings is 6. The number of esters is 1. The number of ether oxygens (including phenoxy) is 5. The van der Waals surface area contributed by atoms with Crippen LogP contribution >= 0.6 is 23.2 Å². The Morgan fingerprint density at radius 3 is 1.45 bits per heavy atom. The lowest BCUT2D eigenvalue weighted by molar-refractivity contribution is -0.153. The van der Waals surface area contributed by atoms with Crippen LogP contribution in [0.2, 0.25) is 10.0 Å². The summed E-state index contributed by atoms with van der Waals surface area (Å²) in [6.45, 7) is 2.55. The predicted octanol–water partition coefficient (Wildman–Crippen LogP) is 9.40. The zero-order valence-corrected chi connectivity index (χ0v) is 47.9. The number of nitrogens with zero attached hydrogens (tertiary/aromatic N) is 4. The Labute approximate surface area is 490 Å². The second-order valence-electron chi connectivity index (χ2n) is 18.9. The van der Waals surface area contributed by atoms with Crippen LogP contribution in [0.1, 0.15) is 63.0 Å². The molecule has 7 N–H and O–H groups in total. The maximum absolute atomic E-state index is 13.1. The fourth-order valence-electron chi connectivity index (χ4n) is 8.26. The molecule has 0 bridgehead atoms. The third kappa shape index (κ3) is 20.0. The van der Waals surface area contributed by atoms with Crippen LogP contribution in [0.15, 0.2) is 158 Å². The highest BCUT2D eigenvalue weighted by molar-refractivity contribution is 6.31. The third-order valence-corrected chi connectivity index (χ3v) is 13.1. The van der Waals surface area contributed by atoms with Crippen molar-refractivity contribution in [1.82, 2.24) is 24.9 Å². The van der Waals surface area contributed by atoms with Crippen LogP contribution in [0.3, 0.4) is 0 Å². The second-order valence-corrected chi connectivity index (χ2v) is 19.8. The Balaban J connectivity index is 0.000000218. The molecule has 0 aliphatic heterocycles. The Hall–Kier alpha value is -8.72. The average Bonchev–Trinajstić information content (AvgIpc) is 4.25. The summed E-state index contributed by atoms with van der Waals surface area (Å²) >= 11 is 12.1. The quantitative estimate of drug-likeness (QED) is 0.0308. The van der Waals surface area contributed by atoms with Gasteiger partial charge in [-0.15, -0.1) is 0 Å². The summed E-state index contributed by atoms with van der Waals surface area (Å²) in [5, 5.41) is 50.1. The lowest BCUT2D eigenvalue weighted by Crippen LogP contribution is -2.40. The van der Waals surface area contributed by atoms with Crippen LogP contribution in [0, 0.1) is 0 Å². The van der Waals surface area contributed by atoms with Gasteiger partial charge >= 0.3 is 17.9 Å². The van der Waals surface area contributed by atoms with Crippen molar-refractivity contribution in [3.05, 3.63) is 201 Å². The van der Waals surface area contributed by atoms with Gasteiger partial charge in [0.25, 0.3) is 5.91 Å². The Bertz CT molecular complexity index is 3370. The van der Waals surface area contributed by atoms with Gasteiger partial charge in [0.15, 0.2) is 23.6 Å². The average molecular weight is 1170 g/mol.